The van der Waals surface area contributed by atoms with Gasteiger partial charge < -0.3 is 9.64 Å². The zero-order chi connectivity index (χ0) is 29.5. The maximum atomic E-state index is 14.0. The summed E-state index contributed by atoms with van der Waals surface area (Å²) in [7, 11) is 1.53. The minimum Gasteiger partial charge on any atom is -0.496 e. The SMILES string of the molecule is COc1ccccc1/C=C1\C(=O)NC(=O)N(c2cc3c4c(c2)[C@H](c2ccccc2)CCN4CC[C@@H]3c2ccccc2)C1=O. The first-order valence-electron chi connectivity index (χ1n) is 14.6. The highest BCUT2D eigenvalue weighted by Crippen LogP contribution is 2.50. The highest BCUT2D eigenvalue weighted by molar-refractivity contribution is 6.39. The molecule has 43 heavy (non-hydrogen) atoms. The van der Waals surface area contributed by atoms with Crippen molar-refractivity contribution >= 4 is 35.3 Å². The predicted octanol–water partition coefficient (Wildman–Crippen LogP) is 6.24. The Hall–Kier alpha value is -5.17. The molecule has 0 radical (unpaired) electrons. The van der Waals surface area contributed by atoms with Crippen LogP contribution in [0.4, 0.5) is 16.2 Å². The number of para-hydroxylation sites is 1. The van der Waals surface area contributed by atoms with Crippen molar-refractivity contribution in [1.29, 1.82) is 0 Å². The van der Waals surface area contributed by atoms with Gasteiger partial charge in [0.15, 0.2) is 0 Å². The van der Waals surface area contributed by atoms with Gasteiger partial charge in [-0.3, -0.25) is 14.9 Å². The van der Waals surface area contributed by atoms with Crippen LogP contribution in [0.1, 0.15) is 52.5 Å². The maximum Gasteiger partial charge on any atom is 0.335 e. The third-order valence-electron chi connectivity index (χ3n) is 8.80. The minimum atomic E-state index is -0.754. The lowest BCUT2D eigenvalue weighted by Crippen LogP contribution is -2.54. The molecule has 4 aromatic rings. The van der Waals surface area contributed by atoms with E-state index in [1.807, 2.05) is 54.6 Å². The lowest BCUT2D eigenvalue weighted by Gasteiger charge is -2.44. The van der Waals surface area contributed by atoms with Crippen LogP contribution in [0.5, 0.6) is 5.75 Å². The number of hydrogen-bond donors (Lipinski definition) is 1. The van der Waals surface area contributed by atoms with Crippen LogP contribution >= 0.6 is 0 Å². The van der Waals surface area contributed by atoms with E-state index in [9.17, 15) is 14.4 Å². The lowest BCUT2D eigenvalue weighted by molar-refractivity contribution is -0.122. The van der Waals surface area contributed by atoms with Gasteiger partial charge in [-0.05, 0) is 59.4 Å². The number of urea groups is 1. The summed E-state index contributed by atoms with van der Waals surface area (Å²) in [6, 6.07) is 31.1. The number of amides is 4. The highest BCUT2D eigenvalue weighted by atomic mass is 16.5. The Morgan fingerprint density at radius 1 is 0.767 bits per heavy atom. The first-order valence-corrected chi connectivity index (χ1v) is 14.6. The van der Waals surface area contributed by atoms with Crippen LogP contribution in [-0.4, -0.2) is 38.0 Å². The van der Waals surface area contributed by atoms with Crippen LogP contribution in [0.2, 0.25) is 0 Å². The number of methoxy groups -OCH3 is 1. The molecule has 0 bridgehead atoms. The molecule has 3 aliphatic rings. The quantitative estimate of drug-likeness (QED) is 0.227. The Balaban J connectivity index is 1.40. The van der Waals surface area contributed by atoms with E-state index in [2.05, 4.69) is 34.5 Å². The number of nitrogens with one attached hydrogen (secondary N) is 1. The number of rotatable bonds is 5. The summed E-state index contributed by atoms with van der Waals surface area (Å²) >= 11 is 0. The standard InChI is InChI=1S/C36H31N3O4/c1-43-32-15-9-8-14-25(32)20-31-34(40)37-36(42)39(35(31)41)26-21-29-27(23-10-4-2-5-11-23)16-18-38-19-17-28(30(22-26)33(29)38)24-12-6-3-7-13-24/h2-15,20-22,27-28H,16-19H2,1H3,(H,37,40,42)/b31-20+/t27-,28+. The minimum absolute atomic E-state index is 0.105. The summed E-state index contributed by atoms with van der Waals surface area (Å²) in [5.41, 5.74) is 6.68. The van der Waals surface area contributed by atoms with Crippen LogP contribution in [0, 0.1) is 0 Å². The van der Waals surface area contributed by atoms with Crippen molar-refractivity contribution in [2.75, 3.05) is 30.0 Å². The third kappa shape index (κ3) is 4.67. The van der Waals surface area contributed by atoms with Crippen molar-refractivity contribution in [1.82, 2.24) is 5.32 Å². The number of anilines is 2. The van der Waals surface area contributed by atoms with Gasteiger partial charge >= 0.3 is 6.03 Å². The lowest BCUT2D eigenvalue weighted by atomic mass is 9.76. The molecule has 2 atom stereocenters. The second-order valence-corrected chi connectivity index (χ2v) is 11.2. The van der Waals surface area contributed by atoms with Gasteiger partial charge in [-0.15, -0.1) is 0 Å². The van der Waals surface area contributed by atoms with E-state index >= 15 is 0 Å². The second kappa shape index (κ2) is 10.9. The van der Waals surface area contributed by atoms with Gasteiger partial charge in [0.1, 0.15) is 11.3 Å². The van der Waals surface area contributed by atoms with Crippen molar-refractivity contribution in [3.63, 3.8) is 0 Å². The van der Waals surface area contributed by atoms with Crippen molar-refractivity contribution in [3.05, 3.63) is 130 Å². The Bertz CT molecular complexity index is 1690. The average Bonchev–Trinajstić information content (AvgIpc) is 3.04. The molecule has 4 aromatic carbocycles. The van der Waals surface area contributed by atoms with Crippen molar-refractivity contribution < 1.29 is 19.1 Å². The molecule has 0 aromatic heterocycles. The molecule has 3 heterocycles. The Morgan fingerprint density at radius 3 is 1.91 bits per heavy atom. The zero-order valence-electron chi connectivity index (χ0n) is 23.8. The molecule has 1 fully saturated rings. The van der Waals surface area contributed by atoms with Crippen LogP contribution in [0.15, 0.2) is 103 Å². The van der Waals surface area contributed by atoms with E-state index in [1.54, 1.807) is 18.2 Å². The van der Waals surface area contributed by atoms with Crippen LogP contribution < -0.4 is 19.9 Å². The molecular weight excluding hydrogens is 538 g/mol. The van der Waals surface area contributed by atoms with Crippen molar-refractivity contribution in [2.45, 2.75) is 24.7 Å². The van der Waals surface area contributed by atoms with Gasteiger partial charge in [-0.25, -0.2) is 9.69 Å². The van der Waals surface area contributed by atoms with Crippen LogP contribution in [0.25, 0.3) is 6.08 Å². The van der Waals surface area contributed by atoms with Crippen molar-refractivity contribution in [2.24, 2.45) is 0 Å². The van der Waals surface area contributed by atoms with Crippen molar-refractivity contribution in [3.8, 4) is 5.75 Å². The summed E-state index contributed by atoms with van der Waals surface area (Å²) in [6.07, 6.45) is 3.33. The monoisotopic (exact) mass is 569 g/mol. The topological polar surface area (TPSA) is 79.0 Å². The summed E-state index contributed by atoms with van der Waals surface area (Å²) in [4.78, 5) is 44.0. The molecule has 214 valence electrons. The van der Waals surface area contributed by atoms with E-state index in [4.69, 9.17) is 4.74 Å². The summed E-state index contributed by atoms with van der Waals surface area (Å²) in [5.74, 6) is -0.661. The highest BCUT2D eigenvalue weighted by Gasteiger charge is 2.40. The molecule has 7 heteroatoms. The summed E-state index contributed by atoms with van der Waals surface area (Å²) in [5, 5.41) is 2.40. The molecule has 0 saturated carbocycles. The van der Waals surface area contributed by atoms with Gasteiger partial charge in [-0.1, -0.05) is 78.9 Å². The molecule has 0 aliphatic carbocycles. The Kier molecular flexibility index (Phi) is 6.78. The van der Waals surface area contributed by atoms with Crippen LogP contribution in [-0.2, 0) is 9.59 Å². The number of carbonyl (C=O) groups is 3. The smallest absolute Gasteiger partial charge is 0.335 e. The summed E-state index contributed by atoms with van der Waals surface area (Å²) < 4.78 is 5.43. The normalized spacial score (nSPS) is 20.6. The average molecular weight is 570 g/mol. The number of carbonyl (C=O) groups excluding carboxylic acids is 3. The van der Waals surface area contributed by atoms with Gasteiger partial charge in [0.25, 0.3) is 11.8 Å². The largest absolute Gasteiger partial charge is 0.496 e. The maximum absolute atomic E-state index is 14.0. The number of barbiturate groups is 1. The van der Waals surface area contributed by atoms with Gasteiger partial charge in [0, 0.05) is 36.2 Å². The van der Waals surface area contributed by atoms with Gasteiger partial charge in [-0.2, -0.15) is 0 Å². The van der Waals surface area contributed by atoms with E-state index < -0.39 is 17.8 Å². The Morgan fingerprint density at radius 2 is 1.33 bits per heavy atom. The van der Waals surface area contributed by atoms with E-state index in [0.717, 1.165) is 42.0 Å². The van der Waals surface area contributed by atoms with Crippen LogP contribution in [0.3, 0.4) is 0 Å². The fraction of sp³-hybridized carbons (Fsp3) is 0.194. The molecule has 1 saturated heterocycles. The number of hydrogen-bond acceptors (Lipinski definition) is 5. The van der Waals surface area contributed by atoms with Gasteiger partial charge in [0.05, 0.1) is 12.8 Å². The fourth-order valence-corrected chi connectivity index (χ4v) is 6.80. The van der Waals surface area contributed by atoms with E-state index in [0.29, 0.717) is 17.0 Å². The second-order valence-electron chi connectivity index (χ2n) is 11.2. The molecule has 7 rings (SSSR count). The predicted molar refractivity (Wildman–Crippen MR) is 166 cm³/mol. The Labute approximate surface area is 250 Å². The molecule has 7 nitrogen and oxygen atoms in total. The summed E-state index contributed by atoms with van der Waals surface area (Å²) in [6.45, 7) is 1.87. The fourth-order valence-electron chi connectivity index (χ4n) is 6.80. The number of ether oxygens (including phenoxy) is 1. The number of imide groups is 2. The number of benzene rings is 4. The molecule has 0 unspecified atom stereocenters. The molecule has 1 N–H and O–H groups in total. The first-order chi connectivity index (χ1) is 21.0. The first kappa shape index (κ1) is 26.7. The zero-order valence-corrected chi connectivity index (χ0v) is 23.8. The van der Waals surface area contributed by atoms with E-state index in [1.165, 1.54) is 30.0 Å². The molecule has 0 spiro atoms. The van der Waals surface area contributed by atoms with E-state index in [-0.39, 0.29) is 17.4 Å². The molecular formula is C36H31N3O4. The molecule has 4 amide bonds. The number of nitrogens with zero attached hydrogens (tertiary/aromatic N) is 2. The van der Waals surface area contributed by atoms with Gasteiger partial charge in [0.2, 0.25) is 0 Å². The molecule has 3 aliphatic heterocycles. The third-order valence-corrected chi connectivity index (χ3v) is 8.80.